The minimum atomic E-state index is 0.229. The van der Waals surface area contributed by atoms with Crippen LogP contribution in [0.2, 0.25) is 0 Å². The molecule has 0 aliphatic carbocycles. The fraction of sp³-hybridized carbons (Fsp3) is 0.571. The lowest BCUT2D eigenvalue weighted by atomic mass is 9.99. The summed E-state index contributed by atoms with van der Waals surface area (Å²) >= 11 is 0. The van der Waals surface area contributed by atoms with Crippen LogP contribution in [0.5, 0.6) is 0 Å². The summed E-state index contributed by atoms with van der Waals surface area (Å²) in [5, 5.41) is 3.64. The molecule has 0 bridgehead atoms. The van der Waals surface area contributed by atoms with E-state index in [2.05, 4.69) is 40.5 Å². The number of hydrogen-bond acceptors (Lipinski definition) is 3. The van der Waals surface area contributed by atoms with Crippen molar-refractivity contribution in [3.63, 3.8) is 0 Å². The largest absolute Gasteiger partial charge is 0.378 e. The molecule has 0 saturated carbocycles. The summed E-state index contributed by atoms with van der Waals surface area (Å²) in [5.74, 6) is 0. The van der Waals surface area contributed by atoms with E-state index in [0.29, 0.717) is 0 Å². The van der Waals surface area contributed by atoms with Crippen LogP contribution in [-0.2, 0) is 11.3 Å². The maximum atomic E-state index is 5.62. The number of morpholine rings is 1. The van der Waals surface area contributed by atoms with E-state index in [4.69, 9.17) is 4.74 Å². The van der Waals surface area contributed by atoms with E-state index in [-0.39, 0.29) is 5.54 Å². The van der Waals surface area contributed by atoms with Gasteiger partial charge in [-0.25, -0.2) is 0 Å². The predicted molar refractivity (Wildman–Crippen MR) is 67.9 cm³/mol. The van der Waals surface area contributed by atoms with Crippen LogP contribution in [0.3, 0.4) is 0 Å². The van der Waals surface area contributed by atoms with Crippen molar-refractivity contribution in [2.24, 2.45) is 0 Å². The van der Waals surface area contributed by atoms with E-state index < -0.39 is 0 Å². The highest BCUT2D eigenvalue weighted by molar-refractivity contribution is 5.15. The molecule has 1 atom stereocenters. The highest BCUT2D eigenvalue weighted by atomic mass is 16.5. The fourth-order valence-corrected chi connectivity index (χ4v) is 2.90. The first-order valence-corrected chi connectivity index (χ1v) is 6.45. The van der Waals surface area contributed by atoms with Gasteiger partial charge >= 0.3 is 0 Å². The van der Waals surface area contributed by atoms with Crippen molar-refractivity contribution in [2.75, 3.05) is 32.8 Å². The van der Waals surface area contributed by atoms with Gasteiger partial charge in [-0.05, 0) is 12.0 Å². The third kappa shape index (κ3) is 2.51. The van der Waals surface area contributed by atoms with Crippen molar-refractivity contribution in [3.05, 3.63) is 35.9 Å². The normalized spacial score (nSPS) is 29.9. The highest BCUT2D eigenvalue weighted by Crippen LogP contribution is 2.24. The molecule has 3 nitrogen and oxygen atoms in total. The van der Waals surface area contributed by atoms with Gasteiger partial charge in [0.05, 0.1) is 18.8 Å². The second-order valence-electron chi connectivity index (χ2n) is 5.21. The number of benzene rings is 1. The quantitative estimate of drug-likeness (QED) is 0.830. The van der Waals surface area contributed by atoms with Crippen LogP contribution >= 0.6 is 0 Å². The van der Waals surface area contributed by atoms with E-state index in [0.717, 1.165) is 32.8 Å². The van der Waals surface area contributed by atoms with Crippen LogP contribution in [0.4, 0.5) is 0 Å². The van der Waals surface area contributed by atoms with Crippen LogP contribution in [0.25, 0.3) is 0 Å². The third-order valence-corrected chi connectivity index (χ3v) is 3.81. The summed E-state index contributed by atoms with van der Waals surface area (Å²) in [6.45, 7) is 6.08. The average molecular weight is 232 g/mol. The number of hydrogen-bond donors (Lipinski definition) is 1. The molecule has 1 aromatic rings. The Morgan fingerprint density at radius 3 is 2.94 bits per heavy atom. The SMILES string of the molecule is c1ccc(CN2CCC3(COCCN3)C2)cc1. The molecule has 2 saturated heterocycles. The average Bonchev–Trinajstić information content (AvgIpc) is 2.74. The third-order valence-electron chi connectivity index (χ3n) is 3.81. The molecule has 2 fully saturated rings. The Kier molecular flexibility index (Phi) is 3.14. The lowest BCUT2D eigenvalue weighted by Gasteiger charge is -2.34. The molecule has 3 rings (SSSR count). The van der Waals surface area contributed by atoms with Crippen molar-refractivity contribution in [3.8, 4) is 0 Å². The van der Waals surface area contributed by atoms with Gasteiger partial charge in [-0.15, -0.1) is 0 Å². The predicted octanol–water partition coefficient (Wildman–Crippen LogP) is 1.25. The van der Waals surface area contributed by atoms with Gasteiger partial charge in [-0.1, -0.05) is 30.3 Å². The topological polar surface area (TPSA) is 24.5 Å². The van der Waals surface area contributed by atoms with E-state index in [9.17, 15) is 0 Å². The van der Waals surface area contributed by atoms with E-state index >= 15 is 0 Å². The summed E-state index contributed by atoms with van der Waals surface area (Å²) in [6.07, 6.45) is 1.21. The zero-order valence-electron chi connectivity index (χ0n) is 10.2. The molecule has 0 radical (unpaired) electrons. The van der Waals surface area contributed by atoms with E-state index in [1.54, 1.807) is 0 Å². The molecule has 2 aliphatic rings. The Hall–Kier alpha value is -0.900. The summed E-state index contributed by atoms with van der Waals surface area (Å²) < 4.78 is 5.62. The van der Waals surface area contributed by atoms with Gasteiger partial charge in [0.2, 0.25) is 0 Å². The molecule has 0 amide bonds. The summed E-state index contributed by atoms with van der Waals surface area (Å²) in [4.78, 5) is 2.52. The number of nitrogens with one attached hydrogen (secondary N) is 1. The Bertz CT molecular complexity index is 360. The van der Waals surface area contributed by atoms with Crippen molar-refractivity contribution >= 4 is 0 Å². The maximum absolute atomic E-state index is 5.62. The van der Waals surface area contributed by atoms with Gasteiger partial charge in [0, 0.05) is 26.2 Å². The maximum Gasteiger partial charge on any atom is 0.0662 e. The molecule has 2 aliphatic heterocycles. The van der Waals surface area contributed by atoms with E-state index in [1.807, 2.05) is 0 Å². The van der Waals surface area contributed by atoms with Crippen molar-refractivity contribution in [1.82, 2.24) is 10.2 Å². The van der Waals surface area contributed by atoms with Crippen LogP contribution in [-0.4, -0.2) is 43.3 Å². The number of ether oxygens (including phenoxy) is 1. The highest BCUT2D eigenvalue weighted by Gasteiger charge is 2.39. The zero-order chi connectivity index (χ0) is 11.6. The molecule has 3 heteroatoms. The Labute approximate surface area is 103 Å². The van der Waals surface area contributed by atoms with Gasteiger partial charge in [0.15, 0.2) is 0 Å². The van der Waals surface area contributed by atoms with Gasteiger partial charge in [-0.3, -0.25) is 4.90 Å². The molecule has 2 heterocycles. The molecule has 1 unspecified atom stereocenters. The monoisotopic (exact) mass is 232 g/mol. The Morgan fingerprint density at radius 2 is 2.18 bits per heavy atom. The molecule has 17 heavy (non-hydrogen) atoms. The van der Waals surface area contributed by atoms with Gasteiger partial charge < -0.3 is 10.1 Å². The minimum absolute atomic E-state index is 0.229. The van der Waals surface area contributed by atoms with Crippen LogP contribution < -0.4 is 5.32 Å². The lowest BCUT2D eigenvalue weighted by molar-refractivity contribution is 0.0308. The summed E-state index contributed by atoms with van der Waals surface area (Å²) in [5.41, 5.74) is 1.63. The zero-order valence-corrected chi connectivity index (χ0v) is 10.2. The minimum Gasteiger partial charge on any atom is -0.378 e. The smallest absolute Gasteiger partial charge is 0.0662 e. The molecule has 0 aromatic heterocycles. The van der Waals surface area contributed by atoms with Gasteiger partial charge in [-0.2, -0.15) is 0 Å². The van der Waals surface area contributed by atoms with Crippen LogP contribution in [0, 0.1) is 0 Å². The molecule has 1 aromatic carbocycles. The van der Waals surface area contributed by atoms with Gasteiger partial charge in [0.25, 0.3) is 0 Å². The molecule has 1 spiro atoms. The standard InChI is InChI=1S/C14H20N2O/c1-2-4-13(5-3-1)10-16-8-6-14(11-16)12-17-9-7-15-14/h1-5,15H,6-12H2. The van der Waals surface area contributed by atoms with Crippen molar-refractivity contribution < 1.29 is 4.74 Å². The number of likely N-dealkylation sites (tertiary alicyclic amines) is 1. The first kappa shape index (κ1) is 11.2. The molecular formula is C14H20N2O. The Morgan fingerprint density at radius 1 is 1.29 bits per heavy atom. The van der Waals surface area contributed by atoms with Crippen molar-refractivity contribution in [1.29, 1.82) is 0 Å². The van der Waals surface area contributed by atoms with Crippen molar-refractivity contribution in [2.45, 2.75) is 18.5 Å². The fourth-order valence-electron chi connectivity index (χ4n) is 2.90. The molecule has 1 N–H and O–H groups in total. The first-order chi connectivity index (χ1) is 8.36. The molecule has 92 valence electrons. The van der Waals surface area contributed by atoms with Crippen LogP contribution in [0.15, 0.2) is 30.3 Å². The Balaban J connectivity index is 1.60. The number of rotatable bonds is 2. The van der Waals surface area contributed by atoms with Crippen LogP contribution in [0.1, 0.15) is 12.0 Å². The summed E-state index contributed by atoms with van der Waals surface area (Å²) in [7, 11) is 0. The summed E-state index contributed by atoms with van der Waals surface area (Å²) in [6, 6.07) is 10.7. The molecular weight excluding hydrogens is 212 g/mol. The van der Waals surface area contributed by atoms with Gasteiger partial charge in [0.1, 0.15) is 0 Å². The second kappa shape index (κ2) is 4.77. The second-order valence-corrected chi connectivity index (χ2v) is 5.21. The first-order valence-electron chi connectivity index (χ1n) is 6.45. The lowest BCUT2D eigenvalue weighted by Crippen LogP contribution is -2.55. The number of nitrogens with zero attached hydrogens (tertiary/aromatic N) is 1. The van der Waals surface area contributed by atoms with E-state index in [1.165, 1.54) is 18.5 Å².